The summed E-state index contributed by atoms with van der Waals surface area (Å²) in [6.07, 6.45) is 4.24. The van der Waals surface area contributed by atoms with E-state index in [4.69, 9.17) is 9.73 Å². The summed E-state index contributed by atoms with van der Waals surface area (Å²) in [6.45, 7) is 14.7. The molecular weight excluding hydrogens is 356 g/mol. The Bertz CT molecular complexity index is 867. The van der Waals surface area contributed by atoms with E-state index in [0.717, 1.165) is 36.4 Å². The number of hydrogen-bond donors (Lipinski definition) is 0. The highest BCUT2D eigenvalue weighted by atomic mass is 16.5. The molecule has 0 saturated heterocycles. The summed E-state index contributed by atoms with van der Waals surface area (Å²) in [5, 5.41) is 0. The molecule has 156 valence electrons. The molecule has 2 aromatic carbocycles. The molecule has 1 aliphatic rings. The average Bonchev–Trinajstić information content (AvgIpc) is 2.71. The van der Waals surface area contributed by atoms with Crippen molar-refractivity contribution in [2.75, 3.05) is 18.6 Å². The molecule has 1 aliphatic heterocycles. The molecule has 29 heavy (non-hydrogen) atoms. The smallest absolute Gasteiger partial charge is 0.129 e. The van der Waals surface area contributed by atoms with Gasteiger partial charge in [-0.3, -0.25) is 4.99 Å². The summed E-state index contributed by atoms with van der Waals surface area (Å²) in [6, 6.07) is 13.1. The molecule has 3 nitrogen and oxygen atoms in total. The Morgan fingerprint density at radius 1 is 1.21 bits per heavy atom. The van der Waals surface area contributed by atoms with Crippen LogP contribution in [0.4, 0.5) is 11.4 Å². The molecule has 3 rings (SSSR count). The van der Waals surface area contributed by atoms with Crippen LogP contribution in [0.3, 0.4) is 0 Å². The zero-order valence-electron chi connectivity index (χ0n) is 19.1. The Morgan fingerprint density at radius 3 is 2.48 bits per heavy atom. The van der Waals surface area contributed by atoms with E-state index in [0.29, 0.717) is 11.8 Å². The van der Waals surface area contributed by atoms with Gasteiger partial charge >= 0.3 is 0 Å². The van der Waals surface area contributed by atoms with Gasteiger partial charge in [-0.1, -0.05) is 32.9 Å². The number of anilines is 1. The molecule has 0 aliphatic carbocycles. The van der Waals surface area contributed by atoms with Gasteiger partial charge in [0.15, 0.2) is 0 Å². The van der Waals surface area contributed by atoms with Crippen molar-refractivity contribution in [3.05, 3.63) is 53.1 Å². The Kier molecular flexibility index (Phi) is 6.36. The number of nitrogens with zero attached hydrogens (tertiary/aromatic N) is 2. The maximum atomic E-state index is 5.74. The third-order valence-electron chi connectivity index (χ3n) is 6.48. The quantitative estimate of drug-likeness (QED) is 0.491. The molecule has 0 fully saturated rings. The molecular formula is C26H36N2O. The zero-order chi connectivity index (χ0) is 21.2. The van der Waals surface area contributed by atoms with Gasteiger partial charge in [0, 0.05) is 35.6 Å². The van der Waals surface area contributed by atoms with Crippen LogP contribution in [0.5, 0.6) is 5.75 Å². The molecule has 0 N–H and O–H groups in total. The molecule has 0 radical (unpaired) electrons. The van der Waals surface area contributed by atoms with E-state index in [2.05, 4.69) is 82.8 Å². The first-order valence-corrected chi connectivity index (χ1v) is 10.9. The van der Waals surface area contributed by atoms with Crippen molar-refractivity contribution in [1.29, 1.82) is 0 Å². The Morgan fingerprint density at radius 2 is 1.90 bits per heavy atom. The van der Waals surface area contributed by atoms with E-state index < -0.39 is 0 Å². The van der Waals surface area contributed by atoms with Crippen LogP contribution in [0.2, 0.25) is 0 Å². The fraction of sp³-hybridized carbons (Fsp3) is 0.500. The van der Waals surface area contributed by atoms with Crippen molar-refractivity contribution >= 4 is 17.6 Å². The van der Waals surface area contributed by atoms with Crippen molar-refractivity contribution < 1.29 is 4.74 Å². The first-order chi connectivity index (χ1) is 13.8. The lowest BCUT2D eigenvalue weighted by molar-refractivity contribution is 0.377. The number of hydrogen-bond acceptors (Lipinski definition) is 3. The van der Waals surface area contributed by atoms with Gasteiger partial charge in [-0.15, -0.1) is 0 Å². The highest BCUT2D eigenvalue weighted by Gasteiger charge is 2.36. The Balaban J connectivity index is 1.94. The maximum Gasteiger partial charge on any atom is 0.129 e. The first kappa shape index (κ1) is 21.4. The maximum absolute atomic E-state index is 5.74. The minimum Gasteiger partial charge on any atom is -0.496 e. The van der Waals surface area contributed by atoms with Gasteiger partial charge in [0.2, 0.25) is 0 Å². The van der Waals surface area contributed by atoms with Crippen molar-refractivity contribution in [3.8, 4) is 5.75 Å². The first-order valence-electron chi connectivity index (χ1n) is 10.9. The van der Waals surface area contributed by atoms with Gasteiger partial charge in [-0.05, 0) is 74.8 Å². The van der Waals surface area contributed by atoms with Crippen LogP contribution in [0, 0.1) is 0 Å². The monoisotopic (exact) mass is 392 g/mol. The van der Waals surface area contributed by atoms with Crippen LogP contribution in [-0.2, 0) is 0 Å². The molecule has 0 aromatic heterocycles. The third-order valence-corrected chi connectivity index (χ3v) is 6.48. The number of benzene rings is 2. The van der Waals surface area contributed by atoms with E-state index in [9.17, 15) is 0 Å². The van der Waals surface area contributed by atoms with Crippen molar-refractivity contribution in [1.82, 2.24) is 0 Å². The highest BCUT2D eigenvalue weighted by Crippen LogP contribution is 2.45. The molecule has 3 heteroatoms. The van der Waals surface area contributed by atoms with Crippen molar-refractivity contribution in [3.63, 3.8) is 0 Å². The minimum atomic E-state index is 0.152. The summed E-state index contributed by atoms with van der Waals surface area (Å²) in [5.74, 6) is 1.98. The molecule has 1 heterocycles. The lowest BCUT2D eigenvalue weighted by atomic mass is 9.79. The second-order valence-electron chi connectivity index (χ2n) is 8.97. The minimum absolute atomic E-state index is 0.152. The second kappa shape index (κ2) is 8.61. The normalized spacial score (nSPS) is 19.3. The fourth-order valence-electron chi connectivity index (χ4n) is 4.67. The van der Waals surface area contributed by atoms with Crippen LogP contribution in [0.1, 0.15) is 82.9 Å². The largest absolute Gasteiger partial charge is 0.496 e. The number of ether oxygens (including phenoxy) is 1. The molecule has 0 amide bonds. The summed E-state index contributed by atoms with van der Waals surface area (Å²) in [4.78, 5) is 7.23. The number of fused-ring (bicyclic) bond motifs is 1. The molecule has 2 atom stereocenters. The van der Waals surface area contributed by atoms with Crippen LogP contribution >= 0.6 is 0 Å². The van der Waals surface area contributed by atoms with E-state index in [-0.39, 0.29) is 5.54 Å². The lowest BCUT2D eigenvalue weighted by Crippen LogP contribution is -2.48. The predicted molar refractivity (Wildman–Crippen MR) is 126 cm³/mol. The van der Waals surface area contributed by atoms with E-state index >= 15 is 0 Å². The fourth-order valence-corrected chi connectivity index (χ4v) is 4.67. The average molecular weight is 393 g/mol. The van der Waals surface area contributed by atoms with Gasteiger partial charge < -0.3 is 9.64 Å². The van der Waals surface area contributed by atoms with Gasteiger partial charge in [-0.25, -0.2) is 0 Å². The van der Waals surface area contributed by atoms with E-state index in [1.54, 1.807) is 7.11 Å². The van der Waals surface area contributed by atoms with Gasteiger partial charge in [0.25, 0.3) is 0 Å². The van der Waals surface area contributed by atoms with Gasteiger partial charge in [0.1, 0.15) is 5.75 Å². The SMILES string of the molecule is CCC(C)c1ccc(N=Cc2cc3c(cc2OC)N(CC)C(C)(C)CC3C)cc1. The van der Waals surface area contributed by atoms with E-state index in [1.807, 2.05) is 6.21 Å². The standard InChI is InChI=1S/C26H36N2O/c1-8-18(3)20-10-12-22(13-11-20)27-17-21-14-23-19(4)16-26(5,6)28(9-2)24(23)15-25(21)29-7/h10-15,17-19H,8-9,16H2,1-7H3. The van der Waals surface area contributed by atoms with Crippen LogP contribution < -0.4 is 9.64 Å². The summed E-state index contributed by atoms with van der Waals surface area (Å²) in [7, 11) is 1.74. The van der Waals surface area contributed by atoms with Crippen molar-refractivity contribution in [2.45, 2.75) is 71.8 Å². The lowest BCUT2D eigenvalue weighted by Gasteiger charge is -2.47. The Labute approximate surface area is 176 Å². The highest BCUT2D eigenvalue weighted by molar-refractivity contribution is 5.87. The Hall–Kier alpha value is -2.29. The topological polar surface area (TPSA) is 24.8 Å². The van der Waals surface area contributed by atoms with Crippen LogP contribution in [0.25, 0.3) is 0 Å². The van der Waals surface area contributed by atoms with Gasteiger partial charge in [0.05, 0.1) is 12.8 Å². The van der Waals surface area contributed by atoms with Crippen molar-refractivity contribution in [2.24, 2.45) is 4.99 Å². The molecule has 2 unspecified atom stereocenters. The molecule has 0 bridgehead atoms. The number of aliphatic imine (C=N–C) groups is 1. The predicted octanol–water partition coefficient (Wildman–Crippen LogP) is 7.07. The summed E-state index contributed by atoms with van der Waals surface area (Å²) in [5.41, 5.74) is 6.22. The molecule has 0 spiro atoms. The van der Waals surface area contributed by atoms with E-state index in [1.165, 1.54) is 16.8 Å². The molecule has 0 saturated carbocycles. The number of methoxy groups -OCH3 is 1. The van der Waals surface area contributed by atoms with Gasteiger partial charge in [-0.2, -0.15) is 0 Å². The second-order valence-corrected chi connectivity index (χ2v) is 8.97. The molecule has 2 aromatic rings. The number of rotatable bonds is 6. The van der Waals surface area contributed by atoms with Crippen LogP contribution in [-0.4, -0.2) is 25.4 Å². The summed E-state index contributed by atoms with van der Waals surface area (Å²) < 4.78 is 5.74. The van der Waals surface area contributed by atoms with Crippen LogP contribution in [0.15, 0.2) is 41.4 Å². The third kappa shape index (κ3) is 4.34. The zero-order valence-corrected chi connectivity index (χ0v) is 19.1. The summed E-state index contributed by atoms with van der Waals surface area (Å²) >= 11 is 0.